The molecule has 0 N–H and O–H groups in total. The van der Waals surface area contributed by atoms with Crippen molar-refractivity contribution in [1.29, 1.82) is 5.26 Å². The molecule has 0 radical (unpaired) electrons. The SMILES string of the molecule is C1CCCC1.C1CCCC1.CC.CC.[CH2-]CCOP(OCCC#N)C(C(C)C)C(C)C.[CH2-]CN(CCOCCCC1CCCC1)CCOCCCC1CCCC1.[Fe].[Fe].[W+2]. The predicted molar refractivity (Wildman–Crippen MR) is 247 cm³/mol. The van der Waals surface area contributed by atoms with Crippen LogP contribution in [-0.2, 0) is 73.7 Å². The van der Waals surface area contributed by atoms with Gasteiger partial charge in [0.05, 0.1) is 32.3 Å². The molecule has 10 heteroatoms. The van der Waals surface area contributed by atoms with E-state index >= 15 is 0 Å². The number of hydrogen-bond donors (Lipinski definition) is 0. The Morgan fingerprint density at radius 3 is 1.24 bits per heavy atom. The van der Waals surface area contributed by atoms with Crippen LogP contribution in [0.15, 0.2) is 0 Å². The third-order valence-corrected chi connectivity index (χ3v) is 13.6. The van der Waals surface area contributed by atoms with E-state index in [9.17, 15) is 0 Å². The van der Waals surface area contributed by atoms with E-state index in [1.807, 2.05) is 27.7 Å². The van der Waals surface area contributed by atoms with E-state index in [-0.39, 0.29) is 55.2 Å². The normalized spacial score (nSPS) is 16.4. The van der Waals surface area contributed by atoms with E-state index in [0.29, 0.717) is 37.1 Å². The molecule has 4 aliphatic rings. The molecule has 0 aromatic rings. The van der Waals surface area contributed by atoms with Gasteiger partial charge in [-0.25, -0.2) is 0 Å². The standard InChI is InChI=1S/C22H42NO2.C13H25NO2P.2C5H10.2C2H6.2Fe.W/c1-2-23(15-19-24-17-7-13-21-9-3-4-10-21)16-20-25-18-8-14-22-11-5-6-12-22;1-6-9-15-17(16-10-7-8-14)13(11(2)3)12(4)5;2*1-2-4-5-3-1;2*1-2;;;/h21-22H,1-20H2;11-13H,1,6-7,9-10H2,2-5H3;2*1-5H2;2*1-2H3;;;/q2*-1;;;;;;;+2. The molecule has 59 heavy (non-hydrogen) atoms. The maximum atomic E-state index is 8.54. The predicted octanol–water partition coefficient (Wildman–Crippen LogP) is 15.2. The summed E-state index contributed by atoms with van der Waals surface area (Å²) >= 11 is 0. The Morgan fingerprint density at radius 1 is 0.576 bits per heavy atom. The Bertz CT molecular complexity index is 733. The summed E-state index contributed by atoms with van der Waals surface area (Å²) in [5.74, 6) is 3.03. The van der Waals surface area contributed by atoms with Crippen LogP contribution >= 0.6 is 8.38 Å². The minimum atomic E-state index is -0.912. The Balaban J connectivity index is -0.000000246. The van der Waals surface area contributed by atoms with Gasteiger partial charge in [-0.15, -0.1) is 6.54 Å². The second kappa shape index (κ2) is 55.6. The fraction of sp³-hybridized carbons (Fsp3) is 0.939. The van der Waals surface area contributed by atoms with Crippen molar-refractivity contribution in [2.24, 2.45) is 23.7 Å². The summed E-state index contributed by atoms with van der Waals surface area (Å²) in [6, 6.07) is 2.09. The van der Waals surface area contributed by atoms with Gasteiger partial charge in [0.15, 0.2) is 8.38 Å². The third kappa shape index (κ3) is 44.4. The quantitative estimate of drug-likeness (QED) is 0.0415. The van der Waals surface area contributed by atoms with Gasteiger partial charge in [0.2, 0.25) is 0 Å². The van der Waals surface area contributed by atoms with Crippen LogP contribution in [0.4, 0.5) is 0 Å². The molecule has 1 unspecified atom stereocenters. The van der Waals surface area contributed by atoms with Crippen molar-refractivity contribution in [3.63, 3.8) is 0 Å². The Hall–Kier alpha value is 1.45. The topological polar surface area (TPSA) is 64.0 Å². The minimum Gasteiger partial charge on any atom is -0.380 e. The largest absolute Gasteiger partial charge is 2.00 e. The number of hydrogen-bond acceptors (Lipinski definition) is 6. The fourth-order valence-corrected chi connectivity index (χ4v) is 10.0. The van der Waals surface area contributed by atoms with Gasteiger partial charge in [0, 0.05) is 72.7 Å². The van der Waals surface area contributed by atoms with Gasteiger partial charge < -0.3 is 37.3 Å². The average molecular weight is 1110 g/mol. The van der Waals surface area contributed by atoms with Gasteiger partial charge >= 0.3 is 21.1 Å². The van der Waals surface area contributed by atoms with E-state index in [1.165, 1.54) is 141 Å². The molecule has 4 rings (SSSR count). The van der Waals surface area contributed by atoms with Crippen molar-refractivity contribution in [2.75, 3.05) is 59.3 Å². The molecule has 1 atom stereocenters. The zero-order valence-corrected chi connectivity index (χ0v) is 46.3. The zero-order valence-electron chi connectivity index (χ0n) is 40.2. The van der Waals surface area contributed by atoms with Crippen molar-refractivity contribution >= 4 is 8.38 Å². The van der Waals surface area contributed by atoms with Crippen LogP contribution in [0, 0.1) is 48.9 Å². The number of nitrogens with zero attached hydrogens (tertiary/aromatic N) is 2. The summed E-state index contributed by atoms with van der Waals surface area (Å²) in [7, 11) is -0.912. The first-order chi connectivity index (χ1) is 27.4. The van der Waals surface area contributed by atoms with Gasteiger partial charge in [-0.1, -0.05) is 171 Å². The van der Waals surface area contributed by atoms with Crippen molar-refractivity contribution in [2.45, 2.75) is 215 Å². The van der Waals surface area contributed by atoms with Crippen LogP contribution < -0.4 is 0 Å². The molecule has 0 amide bonds. The summed E-state index contributed by atoms with van der Waals surface area (Å²) in [5.41, 5.74) is 0.412. The van der Waals surface area contributed by atoms with E-state index in [1.54, 1.807) is 0 Å². The number of rotatable bonds is 24. The minimum absolute atomic E-state index is 0. The molecule has 0 spiro atoms. The first-order valence-electron chi connectivity index (χ1n) is 24.3. The number of nitriles is 1. The maximum Gasteiger partial charge on any atom is 2.00 e. The Morgan fingerprint density at radius 2 is 0.932 bits per heavy atom. The van der Waals surface area contributed by atoms with Gasteiger partial charge in [0.1, 0.15) is 0 Å². The van der Waals surface area contributed by atoms with Gasteiger partial charge in [-0.2, -0.15) is 11.7 Å². The zero-order chi connectivity index (χ0) is 41.9. The first-order valence-corrected chi connectivity index (χ1v) is 25.6. The molecular weight excluding hydrogens is 1010 g/mol. The second-order valence-electron chi connectivity index (χ2n) is 16.4. The summed E-state index contributed by atoms with van der Waals surface area (Å²) in [4.78, 5) is 2.34. The maximum absolute atomic E-state index is 8.54. The molecule has 4 saturated carbocycles. The smallest absolute Gasteiger partial charge is 0.380 e. The molecule has 0 aromatic carbocycles. The molecule has 4 fully saturated rings. The fourth-order valence-electron chi connectivity index (χ4n) is 8.04. The summed E-state index contributed by atoms with van der Waals surface area (Å²) in [6.45, 7) is 32.0. The molecule has 0 bridgehead atoms. The van der Waals surface area contributed by atoms with E-state index < -0.39 is 8.38 Å². The van der Waals surface area contributed by atoms with E-state index in [2.05, 4.69) is 52.5 Å². The summed E-state index contributed by atoms with van der Waals surface area (Å²) < 4.78 is 23.2. The summed E-state index contributed by atoms with van der Waals surface area (Å²) in [6.07, 6.45) is 33.0. The van der Waals surface area contributed by atoms with E-state index in [0.717, 1.165) is 64.3 Å². The van der Waals surface area contributed by atoms with Gasteiger partial charge in [-0.05, 0) is 49.4 Å². The Labute approximate surface area is 407 Å². The number of ether oxygens (including phenoxy) is 2. The van der Waals surface area contributed by atoms with Gasteiger partial charge in [-0.3, -0.25) is 0 Å². The first kappa shape index (κ1) is 69.5. The molecule has 356 valence electrons. The van der Waals surface area contributed by atoms with Crippen molar-refractivity contribution in [3.05, 3.63) is 13.8 Å². The molecule has 0 aromatic heterocycles. The van der Waals surface area contributed by atoms with E-state index in [4.69, 9.17) is 23.8 Å². The molecule has 4 aliphatic carbocycles. The molecule has 0 heterocycles. The van der Waals surface area contributed by atoms with Gasteiger partial charge in [0.25, 0.3) is 0 Å². The monoisotopic (exact) mass is 1110 g/mol. The van der Waals surface area contributed by atoms with Crippen LogP contribution in [0.1, 0.15) is 209 Å². The molecule has 6 nitrogen and oxygen atoms in total. The second-order valence-corrected chi connectivity index (χ2v) is 18.1. The Kier molecular flexibility index (Phi) is 65.5. The van der Waals surface area contributed by atoms with Crippen LogP contribution in [0.25, 0.3) is 0 Å². The van der Waals surface area contributed by atoms with Crippen molar-refractivity contribution < 1.29 is 73.7 Å². The van der Waals surface area contributed by atoms with Crippen LogP contribution in [-0.4, -0.2) is 69.8 Å². The summed E-state index contributed by atoms with van der Waals surface area (Å²) in [5, 5.41) is 8.54. The average Bonchev–Trinajstić information content (AvgIpc) is 4.07. The third-order valence-electron chi connectivity index (χ3n) is 11.1. The molecule has 0 saturated heterocycles. The van der Waals surface area contributed by atoms with Crippen LogP contribution in [0.2, 0.25) is 0 Å². The van der Waals surface area contributed by atoms with Crippen molar-refractivity contribution in [3.8, 4) is 6.07 Å². The molecular formula is C49H99Fe2N2O4PW. The van der Waals surface area contributed by atoms with Crippen molar-refractivity contribution in [1.82, 2.24) is 4.90 Å². The van der Waals surface area contributed by atoms with Crippen LogP contribution in [0.5, 0.6) is 0 Å². The van der Waals surface area contributed by atoms with Crippen LogP contribution in [0.3, 0.4) is 0 Å². The molecule has 0 aliphatic heterocycles.